The van der Waals surface area contributed by atoms with Gasteiger partial charge in [0.15, 0.2) is 5.78 Å². The molecule has 0 bridgehead atoms. The van der Waals surface area contributed by atoms with Gasteiger partial charge in [0.05, 0.1) is 0 Å². The maximum absolute atomic E-state index is 11.7. The van der Waals surface area contributed by atoms with Gasteiger partial charge >= 0.3 is 0 Å². The molecule has 1 aliphatic carbocycles. The summed E-state index contributed by atoms with van der Waals surface area (Å²) in [6.45, 7) is 6.39. The summed E-state index contributed by atoms with van der Waals surface area (Å²) >= 11 is 0. The van der Waals surface area contributed by atoms with Gasteiger partial charge in [0.2, 0.25) is 0 Å². The fourth-order valence-electron chi connectivity index (χ4n) is 2.13. The summed E-state index contributed by atoms with van der Waals surface area (Å²) in [6.07, 6.45) is 1.73. The van der Waals surface area contributed by atoms with Gasteiger partial charge in [-0.05, 0) is 48.9 Å². The van der Waals surface area contributed by atoms with Crippen molar-refractivity contribution in [2.45, 2.75) is 39.5 Å². The Bertz CT molecular complexity index is 390. The molecule has 0 spiro atoms. The summed E-state index contributed by atoms with van der Waals surface area (Å²) in [5, 5.41) is 0. The zero-order valence-corrected chi connectivity index (χ0v) is 9.05. The normalized spacial score (nSPS) is 20.8. The third-order valence-corrected chi connectivity index (χ3v) is 3.30. The first-order chi connectivity index (χ1) is 6.59. The van der Waals surface area contributed by atoms with Gasteiger partial charge in [-0.2, -0.15) is 0 Å². The predicted octanol–water partition coefficient (Wildman–Crippen LogP) is 3.38. The Morgan fingerprint density at radius 2 is 1.86 bits per heavy atom. The first kappa shape index (κ1) is 9.45. The second kappa shape index (κ2) is 3.23. The number of carbonyl (C=O) groups excluding carboxylic acids is 1. The zero-order valence-electron chi connectivity index (χ0n) is 9.05. The van der Waals surface area contributed by atoms with Crippen LogP contribution in [0.3, 0.4) is 0 Å². The molecule has 1 heteroatoms. The van der Waals surface area contributed by atoms with Gasteiger partial charge in [-0.1, -0.05) is 13.0 Å². The van der Waals surface area contributed by atoms with E-state index in [0.29, 0.717) is 11.7 Å². The zero-order chi connectivity index (χ0) is 10.3. The van der Waals surface area contributed by atoms with Crippen LogP contribution in [0.15, 0.2) is 12.1 Å². The minimum atomic E-state index is 0.321. The maximum atomic E-state index is 11.7. The Hall–Kier alpha value is -1.11. The lowest BCUT2D eigenvalue weighted by molar-refractivity contribution is 0.0968. The Morgan fingerprint density at radius 3 is 2.57 bits per heavy atom. The van der Waals surface area contributed by atoms with Gasteiger partial charge < -0.3 is 0 Å². The average Bonchev–Trinajstić information content (AvgIpc) is 2.15. The molecule has 1 aromatic carbocycles. The molecule has 1 aliphatic rings. The molecule has 0 saturated heterocycles. The van der Waals surface area contributed by atoms with Crippen LogP contribution in [-0.4, -0.2) is 5.78 Å². The van der Waals surface area contributed by atoms with E-state index >= 15 is 0 Å². The van der Waals surface area contributed by atoms with Crippen LogP contribution in [0.25, 0.3) is 0 Å². The van der Waals surface area contributed by atoms with Gasteiger partial charge in [0, 0.05) is 12.0 Å². The highest BCUT2D eigenvalue weighted by atomic mass is 16.1. The van der Waals surface area contributed by atoms with Crippen molar-refractivity contribution in [3.8, 4) is 0 Å². The highest BCUT2D eigenvalue weighted by Gasteiger charge is 2.22. The fourth-order valence-corrected chi connectivity index (χ4v) is 2.13. The van der Waals surface area contributed by atoms with E-state index in [0.717, 1.165) is 18.4 Å². The molecule has 14 heavy (non-hydrogen) atoms. The van der Waals surface area contributed by atoms with Crippen LogP contribution in [-0.2, 0) is 0 Å². The van der Waals surface area contributed by atoms with Crippen molar-refractivity contribution in [1.82, 2.24) is 0 Å². The SMILES string of the molecule is Cc1cc2c(cc1C)C(C)CCC2=O. The van der Waals surface area contributed by atoms with Gasteiger partial charge in [0.25, 0.3) is 0 Å². The Balaban J connectivity index is 2.62. The highest BCUT2D eigenvalue weighted by molar-refractivity contribution is 5.99. The minimum Gasteiger partial charge on any atom is -0.294 e. The number of ketones is 1. The monoisotopic (exact) mass is 188 g/mol. The molecule has 0 aromatic heterocycles. The smallest absolute Gasteiger partial charge is 0.163 e. The molecule has 1 unspecified atom stereocenters. The molecule has 2 rings (SSSR count). The van der Waals surface area contributed by atoms with Crippen LogP contribution < -0.4 is 0 Å². The number of Topliss-reactive ketones (excluding diaryl/α,β-unsaturated/α-hetero) is 1. The van der Waals surface area contributed by atoms with Crippen LogP contribution in [0.2, 0.25) is 0 Å². The number of fused-ring (bicyclic) bond motifs is 1. The lowest BCUT2D eigenvalue weighted by Gasteiger charge is -2.22. The van der Waals surface area contributed by atoms with Crippen molar-refractivity contribution in [3.63, 3.8) is 0 Å². The van der Waals surface area contributed by atoms with Crippen LogP contribution in [0.4, 0.5) is 0 Å². The summed E-state index contributed by atoms with van der Waals surface area (Å²) in [6, 6.07) is 4.25. The number of hydrogen-bond acceptors (Lipinski definition) is 1. The number of rotatable bonds is 0. The Morgan fingerprint density at radius 1 is 1.21 bits per heavy atom. The summed E-state index contributed by atoms with van der Waals surface area (Å²) in [5.41, 5.74) is 4.74. The lowest BCUT2D eigenvalue weighted by atomic mass is 9.81. The van der Waals surface area contributed by atoms with Gasteiger partial charge in [0.1, 0.15) is 0 Å². The van der Waals surface area contributed by atoms with Crippen molar-refractivity contribution in [3.05, 3.63) is 34.4 Å². The Labute approximate surface area is 85.1 Å². The summed E-state index contributed by atoms with van der Waals surface area (Å²) < 4.78 is 0. The highest BCUT2D eigenvalue weighted by Crippen LogP contribution is 2.32. The van der Waals surface area contributed by atoms with Crippen LogP contribution in [0.5, 0.6) is 0 Å². The summed E-state index contributed by atoms with van der Waals surface area (Å²) in [5.74, 6) is 0.864. The molecule has 0 radical (unpaired) electrons. The topological polar surface area (TPSA) is 17.1 Å². The molecule has 1 nitrogen and oxygen atoms in total. The van der Waals surface area contributed by atoms with E-state index in [4.69, 9.17) is 0 Å². The molecule has 0 saturated carbocycles. The average molecular weight is 188 g/mol. The molecule has 0 heterocycles. The predicted molar refractivity (Wildman–Crippen MR) is 57.9 cm³/mol. The maximum Gasteiger partial charge on any atom is 0.163 e. The molecule has 0 N–H and O–H groups in total. The van der Waals surface area contributed by atoms with E-state index in [9.17, 15) is 4.79 Å². The minimum absolute atomic E-state index is 0.321. The molecule has 74 valence electrons. The Kier molecular flexibility index (Phi) is 2.18. The molecular formula is C13H16O. The molecule has 1 atom stereocenters. The van der Waals surface area contributed by atoms with Crippen LogP contribution in [0, 0.1) is 13.8 Å². The van der Waals surface area contributed by atoms with Crippen LogP contribution >= 0.6 is 0 Å². The first-order valence-corrected chi connectivity index (χ1v) is 5.24. The van der Waals surface area contributed by atoms with Gasteiger partial charge in [-0.3, -0.25) is 4.79 Å². The summed E-state index contributed by atoms with van der Waals surface area (Å²) in [4.78, 5) is 11.7. The van der Waals surface area contributed by atoms with Crippen molar-refractivity contribution in [1.29, 1.82) is 0 Å². The molecular weight excluding hydrogens is 172 g/mol. The number of carbonyl (C=O) groups is 1. The molecule has 0 aliphatic heterocycles. The van der Waals surface area contributed by atoms with E-state index in [1.54, 1.807) is 0 Å². The third kappa shape index (κ3) is 1.37. The quantitative estimate of drug-likeness (QED) is 0.610. The second-order valence-corrected chi connectivity index (χ2v) is 4.39. The molecule has 1 aromatic rings. The molecule has 0 fully saturated rings. The fraction of sp³-hybridized carbons (Fsp3) is 0.462. The van der Waals surface area contributed by atoms with Crippen molar-refractivity contribution in [2.24, 2.45) is 0 Å². The van der Waals surface area contributed by atoms with E-state index in [-0.39, 0.29) is 0 Å². The van der Waals surface area contributed by atoms with Gasteiger partial charge in [-0.15, -0.1) is 0 Å². The lowest BCUT2D eigenvalue weighted by Crippen LogP contribution is -2.14. The van der Waals surface area contributed by atoms with Gasteiger partial charge in [-0.25, -0.2) is 0 Å². The first-order valence-electron chi connectivity index (χ1n) is 5.24. The van der Waals surface area contributed by atoms with Crippen molar-refractivity contribution < 1.29 is 4.79 Å². The largest absolute Gasteiger partial charge is 0.294 e. The second-order valence-electron chi connectivity index (χ2n) is 4.39. The molecule has 0 amide bonds. The standard InChI is InChI=1S/C13H16O/c1-8-4-5-13(14)12-7-10(3)9(2)6-11(8)12/h6-8H,4-5H2,1-3H3. The van der Waals surface area contributed by atoms with E-state index in [1.165, 1.54) is 16.7 Å². The number of hydrogen-bond donors (Lipinski definition) is 0. The van der Waals surface area contributed by atoms with E-state index in [2.05, 4.69) is 32.9 Å². The number of benzene rings is 1. The van der Waals surface area contributed by atoms with E-state index in [1.807, 2.05) is 0 Å². The third-order valence-electron chi connectivity index (χ3n) is 3.30. The van der Waals surface area contributed by atoms with E-state index < -0.39 is 0 Å². The van der Waals surface area contributed by atoms with Crippen LogP contribution in [0.1, 0.15) is 52.7 Å². The number of aryl methyl sites for hydroxylation is 2. The van der Waals surface area contributed by atoms with Crippen molar-refractivity contribution in [2.75, 3.05) is 0 Å². The summed E-state index contributed by atoms with van der Waals surface area (Å²) in [7, 11) is 0. The van der Waals surface area contributed by atoms with Crippen molar-refractivity contribution >= 4 is 5.78 Å².